The molecule has 1 aromatic carbocycles. The van der Waals surface area contributed by atoms with Gasteiger partial charge in [0.2, 0.25) is 0 Å². The van der Waals surface area contributed by atoms with Gasteiger partial charge in [-0.1, -0.05) is 6.92 Å². The summed E-state index contributed by atoms with van der Waals surface area (Å²) in [6.45, 7) is 6.00. The molecule has 22 heavy (non-hydrogen) atoms. The standard InChI is InChI=1S/C15H18I2O5/c1-4-15(2,3)14(20)22-6-5-21-12-10(16)7-9(13(18)19)8-11(12)17/h7-8H,4-6H2,1-3H3,(H,18,19). The van der Waals surface area contributed by atoms with E-state index in [0.717, 1.165) is 0 Å². The average Bonchev–Trinajstić information content (AvgIpc) is 2.44. The number of aromatic carboxylic acids is 1. The van der Waals surface area contributed by atoms with Crippen LogP contribution in [0, 0.1) is 12.6 Å². The van der Waals surface area contributed by atoms with Gasteiger partial charge in [-0.25, -0.2) is 4.79 Å². The monoisotopic (exact) mass is 532 g/mol. The van der Waals surface area contributed by atoms with Crippen molar-refractivity contribution in [3.8, 4) is 5.75 Å². The van der Waals surface area contributed by atoms with E-state index >= 15 is 0 Å². The number of carbonyl (C=O) groups is 2. The van der Waals surface area contributed by atoms with Crippen LogP contribution in [0.25, 0.3) is 0 Å². The topological polar surface area (TPSA) is 72.8 Å². The first-order valence-electron chi connectivity index (χ1n) is 6.71. The van der Waals surface area contributed by atoms with Crippen molar-refractivity contribution in [2.45, 2.75) is 27.2 Å². The molecule has 0 spiro atoms. The van der Waals surface area contributed by atoms with E-state index in [2.05, 4.69) is 0 Å². The number of esters is 1. The van der Waals surface area contributed by atoms with Crippen molar-refractivity contribution in [3.05, 3.63) is 24.8 Å². The molecule has 0 heterocycles. The van der Waals surface area contributed by atoms with Crippen LogP contribution >= 0.6 is 45.2 Å². The van der Waals surface area contributed by atoms with Gasteiger partial charge in [-0.05, 0) is 77.6 Å². The van der Waals surface area contributed by atoms with E-state index < -0.39 is 11.4 Å². The molecule has 0 unspecified atom stereocenters. The van der Waals surface area contributed by atoms with E-state index in [1.54, 1.807) is 12.1 Å². The zero-order valence-corrected chi connectivity index (χ0v) is 16.9. The molecule has 5 nitrogen and oxygen atoms in total. The van der Waals surface area contributed by atoms with Gasteiger partial charge in [0.15, 0.2) is 0 Å². The van der Waals surface area contributed by atoms with Crippen LogP contribution in [0.4, 0.5) is 0 Å². The minimum Gasteiger partial charge on any atom is -0.488 e. The first kappa shape index (κ1) is 19.5. The Kier molecular flexibility index (Phi) is 7.36. The molecule has 0 saturated carbocycles. The lowest BCUT2D eigenvalue weighted by Gasteiger charge is -2.20. The van der Waals surface area contributed by atoms with E-state index in [4.69, 9.17) is 14.6 Å². The molecular formula is C15H18I2O5. The van der Waals surface area contributed by atoms with Gasteiger partial charge < -0.3 is 14.6 Å². The summed E-state index contributed by atoms with van der Waals surface area (Å²) in [6.07, 6.45) is 0.707. The van der Waals surface area contributed by atoms with Crippen molar-refractivity contribution in [2.24, 2.45) is 5.41 Å². The fourth-order valence-corrected chi connectivity index (χ4v) is 3.52. The third kappa shape index (κ3) is 5.25. The van der Waals surface area contributed by atoms with Crippen molar-refractivity contribution in [3.63, 3.8) is 0 Å². The van der Waals surface area contributed by atoms with Crippen molar-refractivity contribution in [2.75, 3.05) is 13.2 Å². The third-order valence-corrected chi connectivity index (χ3v) is 4.85. The molecule has 0 aliphatic rings. The number of hydrogen-bond acceptors (Lipinski definition) is 4. The summed E-state index contributed by atoms with van der Waals surface area (Å²) >= 11 is 4.06. The van der Waals surface area contributed by atoms with E-state index in [1.165, 1.54) is 0 Å². The van der Waals surface area contributed by atoms with Gasteiger partial charge in [0.25, 0.3) is 0 Å². The maximum atomic E-state index is 11.8. The average molecular weight is 532 g/mol. The Morgan fingerprint density at radius 2 is 1.73 bits per heavy atom. The number of carbonyl (C=O) groups excluding carboxylic acids is 1. The highest BCUT2D eigenvalue weighted by Crippen LogP contribution is 2.29. The van der Waals surface area contributed by atoms with Gasteiger partial charge in [-0.3, -0.25) is 4.79 Å². The maximum absolute atomic E-state index is 11.8. The predicted molar refractivity (Wildman–Crippen MR) is 99.4 cm³/mol. The minimum atomic E-state index is -0.974. The van der Waals surface area contributed by atoms with Gasteiger partial charge in [0.1, 0.15) is 19.0 Å². The Morgan fingerprint density at radius 3 is 2.18 bits per heavy atom. The number of hydrogen-bond donors (Lipinski definition) is 1. The fourth-order valence-electron chi connectivity index (χ4n) is 1.44. The van der Waals surface area contributed by atoms with E-state index in [1.807, 2.05) is 66.0 Å². The van der Waals surface area contributed by atoms with Gasteiger partial charge >= 0.3 is 11.9 Å². The molecule has 0 saturated heterocycles. The Morgan fingerprint density at radius 1 is 1.18 bits per heavy atom. The van der Waals surface area contributed by atoms with Crippen LogP contribution in [-0.2, 0) is 9.53 Å². The molecule has 0 radical (unpaired) electrons. The zero-order chi connectivity index (χ0) is 16.9. The number of rotatable bonds is 7. The second-order valence-corrected chi connectivity index (χ2v) is 7.62. The summed E-state index contributed by atoms with van der Waals surface area (Å²) in [5.41, 5.74) is -0.274. The smallest absolute Gasteiger partial charge is 0.335 e. The fraction of sp³-hybridized carbons (Fsp3) is 0.467. The lowest BCUT2D eigenvalue weighted by Crippen LogP contribution is -2.27. The number of carboxylic acid groups (broad SMARTS) is 1. The number of carboxylic acids is 1. The summed E-state index contributed by atoms with van der Waals surface area (Å²) in [6, 6.07) is 3.10. The quantitative estimate of drug-likeness (QED) is 0.328. The van der Waals surface area contributed by atoms with E-state index in [9.17, 15) is 9.59 Å². The highest BCUT2D eigenvalue weighted by atomic mass is 127. The molecule has 0 aromatic heterocycles. The van der Waals surface area contributed by atoms with Crippen molar-refractivity contribution in [1.29, 1.82) is 0 Å². The minimum absolute atomic E-state index is 0.162. The van der Waals surface area contributed by atoms with Crippen LogP contribution in [0.2, 0.25) is 0 Å². The highest BCUT2D eigenvalue weighted by molar-refractivity contribution is 14.1. The lowest BCUT2D eigenvalue weighted by atomic mass is 9.91. The number of halogens is 2. The predicted octanol–water partition coefficient (Wildman–Crippen LogP) is 3.95. The van der Waals surface area contributed by atoms with Crippen LogP contribution in [0.1, 0.15) is 37.6 Å². The molecular weight excluding hydrogens is 514 g/mol. The van der Waals surface area contributed by atoms with E-state index in [0.29, 0.717) is 19.3 Å². The number of benzene rings is 1. The zero-order valence-electron chi connectivity index (χ0n) is 12.6. The molecule has 0 aliphatic carbocycles. The normalized spacial score (nSPS) is 11.1. The Hall–Kier alpha value is -0.580. The highest BCUT2D eigenvalue weighted by Gasteiger charge is 2.26. The molecule has 122 valence electrons. The first-order chi connectivity index (χ1) is 10.2. The molecule has 1 N–H and O–H groups in total. The molecule has 0 amide bonds. The second-order valence-electron chi connectivity index (χ2n) is 5.30. The molecule has 0 bridgehead atoms. The first-order valence-corrected chi connectivity index (χ1v) is 8.87. The van der Waals surface area contributed by atoms with Gasteiger partial charge in [-0.2, -0.15) is 0 Å². The summed E-state index contributed by atoms with van der Waals surface area (Å²) < 4.78 is 12.2. The van der Waals surface area contributed by atoms with Crippen LogP contribution in [-0.4, -0.2) is 30.3 Å². The third-order valence-electron chi connectivity index (χ3n) is 3.24. The molecule has 0 atom stereocenters. The summed E-state index contributed by atoms with van der Waals surface area (Å²) in [7, 11) is 0. The largest absolute Gasteiger partial charge is 0.488 e. The SMILES string of the molecule is CCC(C)(C)C(=O)OCCOc1c(I)cc(C(=O)O)cc1I. The summed E-state index contributed by atoms with van der Waals surface area (Å²) in [5.74, 6) is -0.612. The molecule has 1 aromatic rings. The molecule has 0 fully saturated rings. The van der Waals surface area contributed by atoms with Crippen molar-refractivity contribution >= 4 is 57.1 Å². The Balaban J connectivity index is 2.60. The Bertz CT molecular complexity index is 546. The van der Waals surface area contributed by atoms with Gasteiger partial charge in [0, 0.05) is 0 Å². The number of ether oxygens (including phenoxy) is 2. The van der Waals surface area contributed by atoms with Crippen LogP contribution in [0.15, 0.2) is 12.1 Å². The van der Waals surface area contributed by atoms with Crippen LogP contribution in [0.5, 0.6) is 5.75 Å². The molecule has 1 rings (SSSR count). The summed E-state index contributed by atoms with van der Waals surface area (Å²) in [4.78, 5) is 22.8. The maximum Gasteiger partial charge on any atom is 0.335 e. The van der Waals surface area contributed by atoms with Gasteiger partial charge in [-0.15, -0.1) is 0 Å². The van der Waals surface area contributed by atoms with E-state index in [-0.39, 0.29) is 24.7 Å². The Labute approximate surface area is 157 Å². The van der Waals surface area contributed by atoms with Crippen LogP contribution in [0.3, 0.4) is 0 Å². The van der Waals surface area contributed by atoms with Crippen molar-refractivity contribution in [1.82, 2.24) is 0 Å². The van der Waals surface area contributed by atoms with Gasteiger partial charge in [0.05, 0.1) is 18.1 Å². The molecule has 0 aliphatic heterocycles. The van der Waals surface area contributed by atoms with Crippen molar-refractivity contribution < 1.29 is 24.2 Å². The second kappa shape index (κ2) is 8.32. The van der Waals surface area contributed by atoms with Crippen LogP contribution < -0.4 is 4.74 Å². The molecule has 7 heteroatoms. The lowest BCUT2D eigenvalue weighted by molar-refractivity contribution is -0.154. The summed E-state index contributed by atoms with van der Waals surface area (Å²) in [5, 5.41) is 8.99.